The molecule has 1 aromatic carbocycles. The molecule has 0 radical (unpaired) electrons. The van der Waals surface area contributed by atoms with Crippen LogP contribution in [0.25, 0.3) is 0 Å². The Labute approximate surface area is 117 Å². The van der Waals surface area contributed by atoms with Crippen LogP contribution in [0.5, 0.6) is 0 Å². The van der Waals surface area contributed by atoms with E-state index in [9.17, 15) is 14.0 Å². The standard InChI is InChI=1S/C15H19FN2O2/c1-9(11-7-8-11)14(19)17-10(2)15(20)18-13-6-4-3-5-12(13)16/h3-6,9-11H,7-8H2,1-2H3,(H,17,19)(H,18,20). The first kappa shape index (κ1) is 14.5. The smallest absolute Gasteiger partial charge is 0.246 e. The highest BCUT2D eigenvalue weighted by molar-refractivity contribution is 5.97. The second kappa shape index (κ2) is 6.03. The number of halogens is 1. The van der Waals surface area contributed by atoms with Crippen LogP contribution in [0, 0.1) is 17.7 Å². The Balaban J connectivity index is 1.88. The Morgan fingerprint density at radius 3 is 2.45 bits per heavy atom. The van der Waals surface area contributed by atoms with Gasteiger partial charge in [-0.05, 0) is 37.8 Å². The second-order valence-electron chi connectivity index (χ2n) is 5.33. The summed E-state index contributed by atoms with van der Waals surface area (Å²) in [5.74, 6) is -0.670. The molecule has 0 saturated heterocycles. The van der Waals surface area contributed by atoms with Crippen molar-refractivity contribution < 1.29 is 14.0 Å². The highest BCUT2D eigenvalue weighted by atomic mass is 19.1. The number of amides is 2. The van der Waals surface area contributed by atoms with E-state index in [1.165, 1.54) is 12.1 Å². The first-order chi connectivity index (χ1) is 9.49. The Morgan fingerprint density at radius 2 is 1.85 bits per heavy atom. The van der Waals surface area contributed by atoms with Crippen molar-refractivity contribution in [2.24, 2.45) is 11.8 Å². The summed E-state index contributed by atoms with van der Waals surface area (Å²) in [6.45, 7) is 3.46. The van der Waals surface area contributed by atoms with E-state index in [2.05, 4.69) is 10.6 Å². The van der Waals surface area contributed by atoms with E-state index < -0.39 is 17.8 Å². The molecule has 0 heterocycles. The average molecular weight is 278 g/mol. The van der Waals surface area contributed by atoms with E-state index in [0.717, 1.165) is 12.8 Å². The Hall–Kier alpha value is -1.91. The number of anilines is 1. The van der Waals surface area contributed by atoms with Crippen molar-refractivity contribution in [1.29, 1.82) is 0 Å². The van der Waals surface area contributed by atoms with Crippen LogP contribution in [-0.4, -0.2) is 17.9 Å². The number of para-hydroxylation sites is 1. The maximum atomic E-state index is 13.4. The molecule has 2 rings (SSSR count). The summed E-state index contributed by atoms with van der Waals surface area (Å²) in [4.78, 5) is 23.8. The van der Waals surface area contributed by atoms with E-state index in [1.54, 1.807) is 19.1 Å². The molecule has 2 N–H and O–H groups in total. The minimum absolute atomic E-state index is 0.0706. The summed E-state index contributed by atoms with van der Waals surface area (Å²) >= 11 is 0. The predicted octanol–water partition coefficient (Wildman–Crippen LogP) is 2.32. The average Bonchev–Trinajstić information content (AvgIpc) is 3.24. The highest BCUT2D eigenvalue weighted by Crippen LogP contribution is 2.36. The van der Waals surface area contributed by atoms with Crippen molar-refractivity contribution >= 4 is 17.5 Å². The third kappa shape index (κ3) is 3.56. The first-order valence-corrected chi connectivity index (χ1v) is 6.85. The van der Waals surface area contributed by atoms with Crippen LogP contribution < -0.4 is 10.6 Å². The fourth-order valence-corrected chi connectivity index (χ4v) is 2.02. The molecule has 0 bridgehead atoms. The molecule has 1 saturated carbocycles. The van der Waals surface area contributed by atoms with Crippen LogP contribution in [0.4, 0.5) is 10.1 Å². The zero-order chi connectivity index (χ0) is 14.7. The van der Waals surface area contributed by atoms with Gasteiger partial charge >= 0.3 is 0 Å². The maximum Gasteiger partial charge on any atom is 0.246 e. The largest absolute Gasteiger partial charge is 0.344 e. The molecule has 4 nitrogen and oxygen atoms in total. The van der Waals surface area contributed by atoms with Crippen LogP contribution in [0.1, 0.15) is 26.7 Å². The second-order valence-corrected chi connectivity index (χ2v) is 5.33. The topological polar surface area (TPSA) is 58.2 Å². The number of carbonyl (C=O) groups excluding carboxylic acids is 2. The molecule has 108 valence electrons. The van der Waals surface area contributed by atoms with E-state index in [0.29, 0.717) is 5.92 Å². The van der Waals surface area contributed by atoms with E-state index in [-0.39, 0.29) is 17.5 Å². The monoisotopic (exact) mass is 278 g/mol. The van der Waals surface area contributed by atoms with Gasteiger partial charge in [-0.25, -0.2) is 4.39 Å². The van der Waals surface area contributed by atoms with Gasteiger partial charge in [0.2, 0.25) is 11.8 Å². The molecule has 2 atom stereocenters. The zero-order valence-electron chi connectivity index (χ0n) is 11.7. The van der Waals surface area contributed by atoms with Crippen LogP contribution in [0.15, 0.2) is 24.3 Å². The van der Waals surface area contributed by atoms with Gasteiger partial charge in [0.25, 0.3) is 0 Å². The number of rotatable bonds is 5. The van der Waals surface area contributed by atoms with Gasteiger partial charge in [0.05, 0.1) is 5.69 Å². The lowest BCUT2D eigenvalue weighted by molar-refractivity contribution is -0.129. The molecule has 1 aliphatic carbocycles. The van der Waals surface area contributed by atoms with Gasteiger partial charge in [-0.1, -0.05) is 19.1 Å². The van der Waals surface area contributed by atoms with Gasteiger partial charge in [-0.15, -0.1) is 0 Å². The molecule has 0 aromatic heterocycles. The third-order valence-electron chi connectivity index (χ3n) is 3.63. The van der Waals surface area contributed by atoms with Crippen molar-refractivity contribution in [3.63, 3.8) is 0 Å². The molecule has 1 fully saturated rings. The third-order valence-corrected chi connectivity index (χ3v) is 3.63. The Bertz CT molecular complexity index is 514. The molecular weight excluding hydrogens is 259 g/mol. The number of hydrogen-bond donors (Lipinski definition) is 2. The number of hydrogen-bond acceptors (Lipinski definition) is 2. The summed E-state index contributed by atoms with van der Waals surface area (Å²) in [6.07, 6.45) is 2.15. The van der Waals surface area contributed by atoms with Gasteiger partial charge < -0.3 is 10.6 Å². The summed E-state index contributed by atoms with van der Waals surface area (Å²) in [5, 5.41) is 5.14. The van der Waals surface area contributed by atoms with Gasteiger partial charge in [0.1, 0.15) is 11.9 Å². The quantitative estimate of drug-likeness (QED) is 0.868. The number of carbonyl (C=O) groups is 2. The fourth-order valence-electron chi connectivity index (χ4n) is 2.02. The Kier molecular flexibility index (Phi) is 4.37. The Morgan fingerprint density at radius 1 is 1.20 bits per heavy atom. The minimum Gasteiger partial charge on any atom is -0.344 e. The summed E-state index contributed by atoms with van der Waals surface area (Å²) in [6, 6.07) is 5.25. The molecule has 0 spiro atoms. The normalized spacial score (nSPS) is 17.1. The van der Waals surface area contributed by atoms with Gasteiger partial charge in [0.15, 0.2) is 0 Å². The molecule has 2 amide bonds. The minimum atomic E-state index is -0.691. The van der Waals surface area contributed by atoms with Crippen molar-refractivity contribution in [3.8, 4) is 0 Å². The maximum absolute atomic E-state index is 13.4. The van der Waals surface area contributed by atoms with E-state index in [1.807, 2.05) is 6.92 Å². The molecule has 5 heteroatoms. The van der Waals surface area contributed by atoms with E-state index >= 15 is 0 Å². The molecule has 0 aliphatic heterocycles. The summed E-state index contributed by atoms with van der Waals surface area (Å²) in [7, 11) is 0. The van der Waals surface area contributed by atoms with Crippen LogP contribution >= 0.6 is 0 Å². The van der Waals surface area contributed by atoms with Crippen LogP contribution in [0.3, 0.4) is 0 Å². The molecule has 1 aliphatic rings. The SMILES string of the molecule is CC(NC(=O)C(C)C1CC1)C(=O)Nc1ccccc1F. The van der Waals surface area contributed by atoms with Gasteiger partial charge in [-0.2, -0.15) is 0 Å². The number of benzene rings is 1. The molecular formula is C15H19FN2O2. The lowest BCUT2D eigenvalue weighted by Gasteiger charge is -2.17. The zero-order valence-corrected chi connectivity index (χ0v) is 11.7. The van der Waals surface area contributed by atoms with Crippen molar-refractivity contribution in [2.75, 3.05) is 5.32 Å². The lowest BCUT2D eigenvalue weighted by atomic mass is 10.1. The van der Waals surface area contributed by atoms with Crippen molar-refractivity contribution in [2.45, 2.75) is 32.7 Å². The van der Waals surface area contributed by atoms with Crippen molar-refractivity contribution in [1.82, 2.24) is 5.32 Å². The molecule has 2 unspecified atom stereocenters. The fraction of sp³-hybridized carbons (Fsp3) is 0.467. The molecule has 1 aromatic rings. The van der Waals surface area contributed by atoms with E-state index in [4.69, 9.17) is 0 Å². The summed E-state index contributed by atoms with van der Waals surface area (Å²) in [5.41, 5.74) is 0.119. The lowest BCUT2D eigenvalue weighted by Crippen LogP contribution is -2.44. The van der Waals surface area contributed by atoms with Gasteiger partial charge in [0, 0.05) is 5.92 Å². The summed E-state index contributed by atoms with van der Waals surface area (Å²) < 4.78 is 13.4. The van der Waals surface area contributed by atoms with Crippen LogP contribution in [-0.2, 0) is 9.59 Å². The van der Waals surface area contributed by atoms with Crippen LogP contribution in [0.2, 0.25) is 0 Å². The number of nitrogens with one attached hydrogen (secondary N) is 2. The van der Waals surface area contributed by atoms with Gasteiger partial charge in [-0.3, -0.25) is 9.59 Å². The predicted molar refractivity (Wildman–Crippen MR) is 74.5 cm³/mol. The highest BCUT2D eigenvalue weighted by Gasteiger charge is 2.33. The van der Waals surface area contributed by atoms with Crippen molar-refractivity contribution in [3.05, 3.63) is 30.1 Å². The molecule has 20 heavy (non-hydrogen) atoms. The first-order valence-electron chi connectivity index (χ1n) is 6.85.